The second kappa shape index (κ2) is 7.69. The SMILES string of the molecule is CC(NC(=O)/C=C/c1ccccc1[N+](=O)[O-])c1ccccc1Br. The zero-order valence-corrected chi connectivity index (χ0v) is 14.0. The predicted molar refractivity (Wildman–Crippen MR) is 92.8 cm³/mol. The van der Waals surface area contributed by atoms with Crippen LogP contribution in [0.2, 0.25) is 0 Å². The number of nitrogens with one attached hydrogen (secondary N) is 1. The van der Waals surface area contributed by atoms with Crippen LogP contribution in [0.15, 0.2) is 59.1 Å². The first-order chi connectivity index (χ1) is 11.0. The van der Waals surface area contributed by atoms with Gasteiger partial charge in [0.05, 0.1) is 16.5 Å². The summed E-state index contributed by atoms with van der Waals surface area (Å²) < 4.78 is 0.912. The summed E-state index contributed by atoms with van der Waals surface area (Å²) in [5.41, 5.74) is 1.32. The third-order valence-corrected chi connectivity index (χ3v) is 4.00. The van der Waals surface area contributed by atoms with Gasteiger partial charge in [-0.25, -0.2) is 0 Å². The van der Waals surface area contributed by atoms with Crippen LogP contribution in [0.5, 0.6) is 0 Å². The molecule has 118 valence electrons. The van der Waals surface area contributed by atoms with Gasteiger partial charge in [-0.3, -0.25) is 14.9 Å². The van der Waals surface area contributed by atoms with Gasteiger partial charge in [-0.05, 0) is 30.7 Å². The van der Waals surface area contributed by atoms with Gasteiger partial charge in [-0.1, -0.05) is 46.3 Å². The molecule has 0 radical (unpaired) electrons. The Hall–Kier alpha value is -2.47. The van der Waals surface area contributed by atoms with Crippen molar-refractivity contribution >= 4 is 33.6 Å². The smallest absolute Gasteiger partial charge is 0.276 e. The van der Waals surface area contributed by atoms with Gasteiger partial charge in [-0.15, -0.1) is 0 Å². The van der Waals surface area contributed by atoms with E-state index in [1.165, 1.54) is 18.2 Å². The number of halogens is 1. The van der Waals surface area contributed by atoms with Crippen LogP contribution in [0.25, 0.3) is 6.08 Å². The van der Waals surface area contributed by atoms with Gasteiger partial charge >= 0.3 is 0 Å². The van der Waals surface area contributed by atoms with Gasteiger partial charge in [0, 0.05) is 16.6 Å². The Morgan fingerprint density at radius 2 is 1.87 bits per heavy atom. The van der Waals surface area contributed by atoms with Crippen LogP contribution in [-0.2, 0) is 4.79 Å². The molecule has 1 N–H and O–H groups in total. The van der Waals surface area contributed by atoms with E-state index in [1.807, 2.05) is 31.2 Å². The highest BCUT2D eigenvalue weighted by atomic mass is 79.9. The van der Waals surface area contributed by atoms with Crippen molar-refractivity contribution in [2.75, 3.05) is 0 Å². The molecular formula is C17H15BrN2O3. The van der Waals surface area contributed by atoms with E-state index >= 15 is 0 Å². The highest BCUT2D eigenvalue weighted by Gasteiger charge is 2.12. The van der Waals surface area contributed by atoms with Crippen molar-refractivity contribution in [2.45, 2.75) is 13.0 Å². The van der Waals surface area contributed by atoms with Crippen LogP contribution in [0.4, 0.5) is 5.69 Å². The van der Waals surface area contributed by atoms with Gasteiger partial charge in [0.1, 0.15) is 0 Å². The number of hydrogen-bond acceptors (Lipinski definition) is 3. The lowest BCUT2D eigenvalue weighted by molar-refractivity contribution is -0.385. The van der Waals surface area contributed by atoms with Crippen LogP contribution >= 0.6 is 15.9 Å². The molecule has 5 nitrogen and oxygen atoms in total. The molecule has 0 heterocycles. The van der Waals surface area contributed by atoms with E-state index in [1.54, 1.807) is 18.2 Å². The maximum Gasteiger partial charge on any atom is 0.276 e. The summed E-state index contributed by atoms with van der Waals surface area (Å²) >= 11 is 3.44. The van der Waals surface area contributed by atoms with Crippen molar-refractivity contribution in [2.24, 2.45) is 0 Å². The highest BCUT2D eigenvalue weighted by Crippen LogP contribution is 2.23. The number of nitrogens with zero attached hydrogens (tertiary/aromatic N) is 1. The molecule has 1 amide bonds. The largest absolute Gasteiger partial charge is 0.346 e. The van der Waals surface area contributed by atoms with Crippen molar-refractivity contribution in [3.8, 4) is 0 Å². The summed E-state index contributed by atoms with van der Waals surface area (Å²) in [5.74, 6) is -0.314. The standard InChI is InChI=1S/C17H15BrN2O3/c1-12(14-7-3-4-8-15(14)18)19-17(21)11-10-13-6-2-5-9-16(13)20(22)23/h2-12H,1H3,(H,19,21)/b11-10+. The maximum absolute atomic E-state index is 12.0. The average Bonchev–Trinajstić information content (AvgIpc) is 2.53. The minimum absolute atomic E-state index is 0.0320. The lowest BCUT2D eigenvalue weighted by atomic mass is 10.1. The number of carbonyl (C=O) groups excluding carboxylic acids is 1. The summed E-state index contributed by atoms with van der Waals surface area (Å²) in [4.78, 5) is 22.5. The Kier molecular flexibility index (Phi) is 5.65. The minimum atomic E-state index is -0.471. The fourth-order valence-electron chi connectivity index (χ4n) is 2.13. The molecule has 0 bridgehead atoms. The predicted octanol–water partition coefficient (Wildman–Crippen LogP) is 4.25. The van der Waals surface area contributed by atoms with E-state index in [-0.39, 0.29) is 17.6 Å². The molecule has 0 aliphatic carbocycles. The molecule has 2 aromatic rings. The maximum atomic E-state index is 12.0. The third kappa shape index (κ3) is 4.50. The van der Waals surface area contributed by atoms with Gasteiger partial charge < -0.3 is 5.32 Å². The summed E-state index contributed by atoms with van der Waals surface area (Å²) in [6, 6.07) is 13.7. The van der Waals surface area contributed by atoms with Gasteiger partial charge in [0.25, 0.3) is 5.69 Å². The van der Waals surface area contributed by atoms with E-state index in [2.05, 4.69) is 21.2 Å². The van der Waals surface area contributed by atoms with Crippen molar-refractivity contribution in [3.05, 3.63) is 80.3 Å². The molecule has 1 unspecified atom stereocenters. The van der Waals surface area contributed by atoms with E-state index in [4.69, 9.17) is 0 Å². The fraction of sp³-hybridized carbons (Fsp3) is 0.118. The lowest BCUT2D eigenvalue weighted by Crippen LogP contribution is -2.24. The van der Waals surface area contributed by atoms with Crippen molar-refractivity contribution < 1.29 is 9.72 Å². The summed E-state index contributed by atoms with van der Waals surface area (Å²) in [6.07, 6.45) is 2.75. The summed E-state index contributed by atoms with van der Waals surface area (Å²) in [6.45, 7) is 1.87. The molecule has 0 saturated heterocycles. The van der Waals surface area contributed by atoms with Gasteiger partial charge in [0.2, 0.25) is 5.91 Å². The normalized spacial score (nSPS) is 12.1. The molecule has 0 spiro atoms. The van der Waals surface area contributed by atoms with Crippen LogP contribution in [-0.4, -0.2) is 10.8 Å². The fourth-order valence-corrected chi connectivity index (χ4v) is 2.75. The zero-order chi connectivity index (χ0) is 16.8. The number of hydrogen-bond donors (Lipinski definition) is 1. The number of amides is 1. The molecule has 6 heteroatoms. The molecule has 0 saturated carbocycles. The molecule has 2 rings (SSSR count). The van der Waals surface area contributed by atoms with Gasteiger partial charge in [0.15, 0.2) is 0 Å². The number of nitro groups is 1. The Morgan fingerprint density at radius 3 is 2.57 bits per heavy atom. The Labute approximate surface area is 142 Å². The quantitative estimate of drug-likeness (QED) is 0.483. The number of carbonyl (C=O) groups is 1. The molecule has 0 fully saturated rings. The van der Waals surface area contributed by atoms with E-state index in [0.717, 1.165) is 10.0 Å². The van der Waals surface area contributed by atoms with E-state index in [9.17, 15) is 14.9 Å². The number of rotatable bonds is 5. The second-order valence-electron chi connectivity index (χ2n) is 4.90. The van der Waals surface area contributed by atoms with Gasteiger partial charge in [-0.2, -0.15) is 0 Å². The van der Waals surface area contributed by atoms with E-state index < -0.39 is 4.92 Å². The molecule has 0 aliphatic heterocycles. The summed E-state index contributed by atoms with van der Waals surface area (Å²) in [5, 5.41) is 13.8. The third-order valence-electron chi connectivity index (χ3n) is 3.28. The Balaban J connectivity index is 2.08. The molecule has 0 aliphatic rings. The Bertz CT molecular complexity index is 759. The van der Waals surface area contributed by atoms with E-state index in [0.29, 0.717) is 5.56 Å². The monoisotopic (exact) mass is 374 g/mol. The molecule has 23 heavy (non-hydrogen) atoms. The molecule has 2 aromatic carbocycles. The van der Waals surface area contributed by atoms with Crippen LogP contribution in [0.3, 0.4) is 0 Å². The highest BCUT2D eigenvalue weighted by molar-refractivity contribution is 9.10. The first-order valence-electron chi connectivity index (χ1n) is 6.95. The topological polar surface area (TPSA) is 72.2 Å². The van der Waals surface area contributed by atoms with Crippen molar-refractivity contribution in [1.82, 2.24) is 5.32 Å². The van der Waals surface area contributed by atoms with Crippen LogP contribution < -0.4 is 5.32 Å². The first-order valence-corrected chi connectivity index (χ1v) is 7.74. The number of benzene rings is 2. The minimum Gasteiger partial charge on any atom is -0.346 e. The number of nitro benzene ring substituents is 1. The lowest BCUT2D eigenvalue weighted by Gasteiger charge is -2.14. The molecule has 1 atom stereocenters. The second-order valence-corrected chi connectivity index (χ2v) is 5.76. The van der Waals surface area contributed by atoms with Crippen molar-refractivity contribution in [1.29, 1.82) is 0 Å². The number of para-hydroxylation sites is 1. The van der Waals surface area contributed by atoms with Crippen molar-refractivity contribution in [3.63, 3.8) is 0 Å². The molecule has 0 aromatic heterocycles. The Morgan fingerprint density at radius 1 is 1.22 bits per heavy atom. The van der Waals surface area contributed by atoms with Crippen LogP contribution in [0, 0.1) is 10.1 Å². The summed E-state index contributed by atoms with van der Waals surface area (Å²) in [7, 11) is 0. The zero-order valence-electron chi connectivity index (χ0n) is 12.4. The molecular weight excluding hydrogens is 360 g/mol. The van der Waals surface area contributed by atoms with Crippen LogP contribution in [0.1, 0.15) is 24.1 Å². The first kappa shape index (κ1) is 16.9. The average molecular weight is 375 g/mol.